The monoisotopic (exact) mass is 241 g/mol. The second kappa shape index (κ2) is 7.67. The van der Waals surface area contributed by atoms with Crippen LogP contribution >= 0.6 is 0 Å². The molecule has 1 atom stereocenters. The molecule has 0 aliphatic carbocycles. The molecule has 1 fully saturated rings. The van der Waals surface area contributed by atoms with Crippen molar-refractivity contribution in [2.45, 2.75) is 39.7 Å². The molecule has 1 aliphatic rings. The Morgan fingerprint density at radius 1 is 1.35 bits per heavy atom. The Labute approximate surface area is 105 Å². The van der Waals surface area contributed by atoms with Crippen LogP contribution < -0.4 is 5.32 Å². The number of unbranched alkanes of at least 4 members (excludes halogenated alkanes) is 1. The molecule has 0 saturated carbocycles. The van der Waals surface area contributed by atoms with E-state index in [4.69, 9.17) is 0 Å². The number of hydrogen-bond acceptors (Lipinski definition) is 3. The van der Waals surface area contributed by atoms with Gasteiger partial charge in [0.15, 0.2) is 0 Å². The van der Waals surface area contributed by atoms with Crippen LogP contribution in [0.5, 0.6) is 0 Å². The van der Waals surface area contributed by atoms with Gasteiger partial charge in [-0.05, 0) is 26.4 Å². The maximum absolute atomic E-state index is 12.3. The lowest BCUT2D eigenvalue weighted by Crippen LogP contribution is -2.53. The summed E-state index contributed by atoms with van der Waals surface area (Å²) in [7, 11) is 0. The second-order valence-corrected chi connectivity index (χ2v) is 4.73. The van der Waals surface area contributed by atoms with E-state index in [1.165, 1.54) is 12.8 Å². The molecule has 1 heterocycles. The molecule has 1 N–H and O–H groups in total. The van der Waals surface area contributed by atoms with E-state index in [2.05, 4.69) is 24.1 Å². The van der Waals surface area contributed by atoms with Gasteiger partial charge in [0, 0.05) is 26.2 Å². The molecule has 0 radical (unpaired) electrons. The molecule has 0 bridgehead atoms. The molecule has 100 valence electrons. The van der Waals surface area contributed by atoms with Crippen LogP contribution in [0.4, 0.5) is 0 Å². The molecule has 1 amide bonds. The fourth-order valence-electron chi connectivity index (χ4n) is 2.29. The van der Waals surface area contributed by atoms with E-state index in [9.17, 15) is 4.79 Å². The van der Waals surface area contributed by atoms with E-state index < -0.39 is 0 Å². The molecule has 1 rings (SSSR count). The van der Waals surface area contributed by atoms with E-state index in [1.54, 1.807) is 0 Å². The summed E-state index contributed by atoms with van der Waals surface area (Å²) in [5.41, 5.74) is 0. The summed E-state index contributed by atoms with van der Waals surface area (Å²) in [5, 5.41) is 3.28. The zero-order chi connectivity index (χ0) is 12.7. The highest BCUT2D eigenvalue weighted by Crippen LogP contribution is 2.07. The van der Waals surface area contributed by atoms with Crippen molar-refractivity contribution in [1.82, 2.24) is 15.1 Å². The fraction of sp³-hybridized carbons (Fsp3) is 0.923. The third-order valence-corrected chi connectivity index (χ3v) is 3.54. The highest BCUT2D eigenvalue weighted by Gasteiger charge is 2.25. The number of carbonyl (C=O) groups is 1. The second-order valence-electron chi connectivity index (χ2n) is 4.73. The van der Waals surface area contributed by atoms with Gasteiger partial charge in [0.1, 0.15) is 0 Å². The van der Waals surface area contributed by atoms with Crippen molar-refractivity contribution in [3.8, 4) is 0 Å². The first-order chi connectivity index (χ1) is 8.20. The van der Waals surface area contributed by atoms with Gasteiger partial charge in [-0.25, -0.2) is 0 Å². The highest BCUT2D eigenvalue weighted by molar-refractivity contribution is 5.81. The number of likely N-dealkylation sites (N-methyl/N-ethyl adjacent to an activating group) is 1. The van der Waals surface area contributed by atoms with Gasteiger partial charge in [-0.15, -0.1) is 0 Å². The van der Waals surface area contributed by atoms with Gasteiger partial charge >= 0.3 is 0 Å². The lowest BCUT2D eigenvalue weighted by atomic mass is 10.2. The highest BCUT2D eigenvalue weighted by atomic mass is 16.2. The Hall–Kier alpha value is -0.610. The molecule has 0 aromatic carbocycles. The topological polar surface area (TPSA) is 35.6 Å². The number of nitrogens with zero attached hydrogens (tertiary/aromatic N) is 2. The van der Waals surface area contributed by atoms with Crippen molar-refractivity contribution in [2.24, 2.45) is 0 Å². The largest absolute Gasteiger partial charge is 0.339 e. The molecule has 0 aromatic rings. The summed E-state index contributed by atoms with van der Waals surface area (Å²) < 4.78 is 0. The first-order valence-electron chi connectivity index (χ1n) is 6.94. The van der Waals surface area contributed by atoms with Crippen LogP contribution in [0, 0.1) is 0 Å². The zero-order valence-corrected chi connectivity index (χ0v) is 11.5. The molecule has 1 saturated heterocycles. The van der Waals surface area contributed by atoms with Gasteiger partial charge in [-0.3, -0.25) is 9.69 Å². The van der Waals surface area contributed by atoms with E-state index in [1.807, 2.05) is 11.8 Å². The fourth-order valence-corrected chi connectivity index (χ4v) is 2.29. The van der Waals surface area contributed by atoms with Crippen LogP contribution in [0.1, 0.15) is 33.6 Å². The minimum absolute atomic E-state index is 0.0321. The van der Waals surface area contributed by atoms with Crippen LogP contribution in [-0.2, 0) is 4.79 Å². The number of nitrogens with one attached hydrogen (secondary N) is 1. The van der Waals surface area contributed by atoms with E-state index >= 15 is 0 Å². The number of rotatable bonds is 6. The van der Waals surface area contributed by atoms with Crippen molar-refractivity contribution in [3.05, 3.63) is 0 Å². The van der Waals surface area contributed by atoms with Crippen LogP contribution in [0.25, 0.3) is 0 Å². The van der Waals surface area contributed by atoms with Gasteiger partial charge in [-0.1, -0.05) is 20.3 Å². The van der Waals surface area contributed by atoms with E-state index in [-0.39, 0.29) is 6.04 Å². The van der Waals surface area contributed by atoms with Crippen molar-refractivity contribution in [2.75, 3.05) is 39.3 Å². The first kappa shape index (κ1) is 14.5. The SMILES string of the molecule is CCCCN(CC)C(C)C(=O)N1CCNCC1. The summed E-state index contributed by atoms with van der Waals surface area (Å²) in [6, 6.07) is 0.0321. The van der Waals surface area contributed by atoms with Crippen LogP contribution in [0.2, 0.25) is 0 Å². The number of amides is 1. The molecule has 0 spiro atoms. The first-order valence-corrected chi connectivity index (χ1v) is 6.94. The Bertz CT molecular complexity index is 227. The molecule has 4 nitrogen and oxygen atoms in total. The normalized spacial score (nSPS) is 18.5. The Kier molecular flexibility index (Phi) is 6.52. The molecule has 1 unspecified atom stereocenters. The Balaban J connectivity index is 2.47. The molecule has 1 aliphatic heterocycles. The number of carbonyl (C=O) groups excluding carboxylic acids is 1. The van der Waals surface area contributed by atoms with Crippen LogP contribution in [-0.4, -0.2) is 61.0 Å². The van der Waals surface area contributed by atoms with E-state index in [0.29, 0.717) is 5.91 Å². The van der Waals surface area contributed by atoms with E-state index in [0.717, 1.165) is 39.3 Å². The molecule has 0 aromatic heterocycles. The summed E-state index contributed by atoms with van der Waals surface area (Å²) >= 11 is 0. The number of piperazine rings is 1. The van der Waals surface area contributed by atoms with Gasteiger partial charge in [-0.2, -0.15) is 0 Å². The maximum atomic E-state index is 12.3. The van der Waals surface area contributed by atoms with Crippen molar-refractivity contribution >= 4 is 5.91 Å². The third kappa shape index (κ3) is 4.28. The average molecular weight is 241 g/mol. The summed E-state index contributed by atoms with van der Waals surface area (Å²) in [6.45, 7) is 11.9. The van der Waals surface area contributed by atoms with Gasteiger partial charge in [0.05, 0.1) is 6.04 Å². The molecule has 17 heavy (non-hydrogen) atoms. The summed E-state index contributed by atoms with van der Waals surface area (Å²) in [4.78, 5) is 16.6. The standard InChI is InChI=1S/C13H27N3O/c1-4-6-9-15(5-2)12(3)13(17)16-10-7-14-8-11-16/h12,14H,4-11H2,1-3H3. The summed E-state index contributed by atoms with van der Waals surface area (Å²) in [5.74, 6) is 0.296. The van der Waals surface area contributed by atoms with Crippen molar-refractivity contribution in [3.63, 3.8) is 0 Å². The van der Waals surface area contributed by atoms with Gasteiger partial charge < -0.3 is 10.2 Å². The van der Waals surface area contributed by atoms with Crippen LogP contribution in [0.15, 0.2) is 0 Å². The lowest BCUT2D eigenvalue weighted by Gasteiger charge is -2.34. The zero-order valence-electron chi connectivity index (χ0n) is 11.5. The minimum atomic E-state index is 0.0321. The summed E-state index contributed by atoms with van der Waals surface area (Å²) in [6.07, 6.45) is 2.36. The Morgan fingerprint density at radius 3 is 2.53 bits per heavy atom. The smallest absolute Gasteiger partial charge is 0.239 e. The Morgan fingerprint density at radius 2 is 2.00 bits per heavy atom. The predicted octanol–water partition coefficient (Wildman–Crippen LogP) is 0.929. The van der Waals surface area contributed by atoms with Crippen molar-refractivity contribution in [1.29, 1.82) is 0 Å². The molecular formula is C13H27N3O. The van der Waals surface area contributed by atoms with Gasteiger partial charge in [0.25, 0.3) is 0 Å². The minimum Gasteiger partial charge on any atom is -0.339 e. The molecular weight excluding hydrogens is 214 g/mol. The average Bonchev–Trinajstić information content (AvgIpc) is 2.39. The third-order valence-electron chi connectivity index (χ3n) is 3.54. The lowest BCUT2D eigenvalue weighted by molar-refractivity contribution is -0.137. The number of hydrogen-bond donors (Lipinski definition) is 1. The quantitative estimate of drug-likeness (QED) is 0.751. The van der Waals surface area contributed by atoms with Crippen LogP contribution in [0.3, 0.4) is 0 Å². The van der Waals surface area contributed by atoms with Gasteiger partial charge in [0.2, 0.25) is 5.91 Å². The predicted molar refractivity (Wildman–Crippen MR) is 71.1 cm³/mol. The maximum Gasteiger partial charge on any atom is 0.239 e. The molecule has 4 heteroatoms. The van der Waals surface area contributed by atoms with Crippen molar-refractivity contribution < 1.29 is 4.79 Å².